The Hall–Kier alpha value is -1.92. The second kappa shape index (κ2) is 6.53. The van der Waals surface area contributed by atoms with Gasteiger partial charge in [0.2, 0.25) is 5.95 Å². The van der Waals surface area contributed by atoms with E-state index >= 15 is 0 Å². The van der Waals surface area contributed by atoms with Crippen LogP contribution in [0.2, 0.25) is 0 Å². The van der Waals surface area contributed by atoms with Crippen LogP contribution < -0.4 is 4.90 Å². The summed E-state index contributed by atoms with van der Waals surface area (Å²) in [5.41, 5.74) is 3.02. The molecular weight excluding hydrogens is 368 g/mol. The molecule has 3 heterocycles. The summed E-state index contributed by atoms with van der Waals surface area (Å²) in [6.45, 7) is 2.75. The van der Waals surface area contributed by atoms with Crippen LogP contribution in [-0.4, -0.2) is 39.3 Å². The maximum absolute atomic E-state index is 9.44. The van der Waals surface area contributed by atoms with Crippen LogP contribution in [0.3, 0.4) is 0 Å². The third-order valence-corrected chi connectivity index (χ3v) is 5.00. The van der Waals surface area contributed by atoms with Gasteiger partial charge in [-0.05, 0) is 34.0 Å². The summed E-state index contributed by atoms with van der Waals surface area (Å²) in [5.74, 6) is 1.27. The first-order valence-corrected chi connectivity index (χ1v) is 8.95. The zero-order valence-electron chi connectivity index (χ0n) is 13.3. The van der Waals surface area contributed by atoms with Gasteiger partial charge in [-0.25, -0.2) is 4.98 Å². The highest BCUT2D eigenvalue weighted by Crippen LogP contribution is 2.28. The number of aliphatic hydroxyl groups excluding tert-OH is 1. The van der Waals surface area contributed by atoms with Crippen molar-refractivity contribution in [3.63, 3.8) is 0 Å². The molecule has 0 saturated carbocycles. The lowest BCUT2D eigenvalue weighted by Gasteiger charge is -2.19. The van der Waals surface area contributed by atoms with Gasteiger partial charge in [0.05, 0.1) is 12.1 Å². The van der Waals surface area contributed by atoms with E-state index in [0.717, 1.165) is 47.6 Å². The molecule has 24 heavy (non-hydrogen) atoms. The predicted molar refractivity (Wildman–Crippen MR) is 98.2 cm³/mol. The smallest absolute Gasteiger partial charge is 0.208 e. The lowest BCUT2D eigenvalue weighted by Crippen LogP contribution is -2.24. The Balaban J connectivity index is 1.78. The monoisotopic (exact) mass is 386 g/mol. The predicted octanol–water partition coefficient (Wildman–Crippen LogP) is 3.06. The summed E-state index contributed by atoms with van der Waals surface area (Å²) < 4.78 is 3.17. The first-order valence-electron chi connectivity index (χ1n) is 8.16. The quantitative estimate of drug-likeness (QED) is 0.748. The van der Waals surface area contributed by atoms with Gasteiger partial charge in [-0.3, -0.25) is 0 Å². The summed E-state index contributed by atoms with van der Waals surface area (Å²) >= 11 is 3.52. The molecule has 6 heteroatoms. The molecule has 3 aromatic rings. The van der Waals surface area contributed by atoms with Gasteiger partial charge in [-0.1, -0.05) is 30.3 Å². The molecule has 0 aliphatic carbocycles. The second-order valence-corrected chi connectivity index (χ2v) is 7.18. The Morgan fingerprint density at radius 3 is 2.83 bits per heavy atom. The minimum atomic E-state index is 0.235. The van der Waals surface area contributed by atoms with E-state index in [1.165, 1.54) is 5.56 Å². The van der Waals surface area contributed by atoms with E-state index in [9.17, 15) is 5.11 Å². The molecule has 1 aliphatic heterocycles. The molecule has 5 nitrogen and oxygen atoms in total. The van der Waals surface area contributed by atoms with Crippen LogP contribution in [0, 0.1) is 5.92 Å². The second-order valence-electron chi connectivity index (χ2n) is 6.26. The molecule has 1 atom stereocenters. The van der Waals surface area contributed by atoms with Gasteiger partial charge in [-0.15, -0.1) is 0 Å². The van der Waals surface area contributed by atoms with Crippen LogP contribution in [0.5, 0.6) is 0 Å². The average Bonchev–Trinajstić information content (AvgIpc) is 3.21. The third-order valence-electron chi connectivity index (χ3n) is 4.56. The molecule has 4 rings (SSSR count). The Kier molecular flexibility index (Phi) is 4.24. The van der Waals surface area contributed by atoms with E-state index in [-0.39, 0.29) is 6.61 Å². The van der Waals surface area contributed by atoms with Crippen molar-refractivity contribution < 1.29 is 5.11 Å². The molecule has 0 unspecified atom stereocenters. The molecule has 0 spiro atoms. The lowest BCUT2D eigenvalue weighted by molar-refractivity contribution is 0.238. The molecule has 1 fully saturated rings. The van der Waals surface area contributed by atoms with Crippen LogP contribution in [0.4, 0.5) is 5.95 Å². The standard InChI is InChI=1S/C18H19BrN4O/c19-15-8-16-17(20-9-15)21-18(22-7-6-14(10-22)12-24)23(16)11-13-4-2-1-3-5-13/h1-5,8-9,14,24H,6-7,10-12H2/t14-/m1/s1. The van der Waals surface area contributed by atoms with Crippen LogP contribution >= 0.6 is 15.9 Å². The molecule has 0 radical (unpaired) electrons. The van der Waals surface area contributed by atoms with Crippen molar-refractivity contribution in [1.82, 2.24) is 14.5 Å². The number of imidazole rings is 1. The molecular formula is C18H19BrN4O. The largest absolute Gasteiger partial charge is 0.396 e. The molecule has 0 bridgehead atoms. The number of rotatable bonds is 4. The highest BCUT2D eigenvalue weighted by molar-refractivity contribution is 9.10. The summed E-state index contributed by atoms with van der Waals surface area (Å²) in [5, 5.41) is 9.44. The van der Waals surface area contributed by atoms with E-state index in [1.807, 2.05) is 6.07 Å². The maximum atomic E-state index is 9.44. The number of halogens is 1. The van der Waals surface area contributed by atoms with Gasteiger partial charge in [0.25, 0.3) is 0 Å². The van der Waals surface area contributed by atoms with Gasteiger partial charge < -0.3 is 14.6 Å². The highest BCUT2D eigenvalue weighted by Gasteiger charge is 2.26. The van der Waals surface area contributed by atoms with Crippen molar-refractivity contribution in [2.24, 2.45) is 5.92 Å². The zero-order valence-corrected chi connectivity index (χ0v) is 14.9. The van der Waals surface area contributed by atoms with Crippen LogP contribution in [0.1, 0.15) is 12.0 Å². The van der Waals surface area contributed by atoms with Gasteiger partial charge in [0.15, 0.2) is 5.65 Å². The topological polar surface area (TPSA) is 54.2 Å². The van der Waals surface area contributed by atoms with Crippen molar-refractivity contribution in [3.8, 4) is 0 Å². The van der Waals surface area contributed by atoms with Crippen LogP contribution in [-0.2, 0) is 6.54 Å². The summed E-state index contributed by atoms with van der Waals surface area (Å²) in [6, 6.07) is 12.5. The Morgan fingerprint density at radius 2 is 2.08 bits per heavy atom. The number of nitrogens with zero attached hydrogens (tertiary/aromatic N) is 4. The van der Waals surface area contributed by atoms with E-state index in [4.69, 9.17) is 4.98 Å². The first-order chi connectivity index (χ1) is 11.7. The molecule has 2 aromatic heterocycles. The van der Waals surface area contributed by atoms with Crippen molar-refractivity contribution in [2.45, 2.75) is 13.0 Å². The molecule has 1 aromatic carbocycles. The minimum Gasteiger partial charge on any atom is -0.396 e. The van der Waals surface area contributed by atoms with Crippen molar-refractivity contribution in [2.75, 3.05) is 24.6 Å². The minimum absolute atomic E-state index is 0.235. The Morgan fingerprint density at radius 1 is 1.25 bits per heavy atom. The number of anilines is 1. The number of aliphatic hydroxyl groups is 1. The fourth-order valence-corrected chi connectivity index (χ4v) is 3.61. The number of benzene rings is 1. The normalized spacial score (nSPS) is 17.8. The van der Waals surface area contributed by atoms with Gasteiger partial charge in [0.1, 0.15) is 0 Å². The third kappa shape index (κ3) is 2.91. The SMILES string of the molecule is OC[C@@H]1CCN(c2nc3ncc(Br)cc3n2Cc2ccccc2)C1. The van der Waals surface area contributed by atoms with Gasteiger partial charge in [0, 0.05) is 36.3 Å². The Labute approximate surface area is 149 Å². The number of hydrogen-bond donors (Lipinski definition) is 1. The van der Waals surface area contributed by atoms with Crippen LogP contribution in [0.15, 0.2) is 47.1 Å². The van der Waals surface area contributed by atoms with E-state index in [0.29, 0.717) is 5.92 Å². The molecule has 124 valence electrons. The maximum Gasteiger partial charge on any atom is 0.208 e. The molecule has 1 N–H and O–H groups in total. The summed E-state index contributed by atoms with van der Waals surface area (Å²) in [6.07, 6.45) is 2.79. The van der Waals surface area contributed by atoms with Crippen molar-refractivity contribution in [3.05, 3.63) is 52.6 Å². The van der Waals surface area contributed by atoms with Crippen LogP contribution in [0.25, 0.3) is 11.2 Å². The summed E-state index contributed by atoms with van der Waals surface area (Å²) in [4.78, 5) is 11.5. The van der Waals surface area contributed by atoms with Crippen molar-refractivity contribution >= 4 is 33.0 Å². The van der Waals surface area contributed by atoms with E-state index in [1.54, 1.807) is 6.20 Å². The molecule has 1 aliphatic rings. The van der Waals surface area contributed by atoms with Gasteiger partial charge in [-0.2, -0.15) is 4.98 Å². The average molecular weight is 387 g/mol. The van der Waals surface area contributed by atoms with E-state index in [2.05, 4.69) is 60.7 Å². The molecule has 1 saturated heterocycles. The Bertz CT molecular complexity index is 849. The lowest BCUT2D eigenvalue weighted by atomic mass is 10.1. The number of hydrogen-bond acceptors (Lipinski definition) is 4. The first kappa shape index (κ1) is 15.6. The fraction of sp³-hybridized carbons (Fsp3) is 0.333. The molecule has 0 amide bonds. The van der Waals surface area contributed by atoms with E-state index < -0.39 is 0 Å². The van der Waals surface area contributed by atoms with Crippen molar-refractivity contribution in [1.29, 1.82) is 0 Å². The fourth-order valence-electron chi connectivity index (χ4n) is 3.30. The number of fused-ring (bicyclic) bond motifs is 1. The zero-order chi connectivity index (χ0) is 16.5. The summed E-state index contributed by atoms with van der Waals surface area (Å²) in [7, 11) is 0. The van der Waals surface area contributed by atoms with Gasteiger partial charge >= 0.3 is 0 Å². The number of aromatic nitrogens is 3. The highest BCUT2D eigenvalue weighted by atomic mass is 79.9. The number of pyridine rings is 1.